The first-order chi connectivity index (χ1) is 13.7. The Morgan fingerprint density at radius 3 is 2.61 bits per heavy atom. The van der Waals surface area contributed by atoms with Crippen LogP contribution in [0.1, 0.15) is 39.5 Å². The fourth-order valence-electron chi connectivity index (χ4n) is 3.60. The highest BCUT2D eigenvalue weighted by Crippen LogP contribution is 2.31. The smallest absolute Gasteiger partial charge is 0.222 e. The van der Waals surface area contributed by atoms with Crippen molar-refractivity contribution >= 4 is 11.7 Å². The largest absolute Gasteiger partial charge is 0.497 e. The molecule has 3 aromatic rings. The van der Waals surface area contributed by atoms with Crippen LogP contribution in [0.5, 0.6) is 5.75 Å². The number of ether oxygens (including phenoxy) is 1. The molecule has 0 radical (unpaired) electrons. The molecule has 0 saturated heterocycles. The molecule has 0 spiro atoms. The summed E-state index contributed by atoms with van der Waals surface area (Å²) in [6.07, 6.45) is 3.81. The number of nitrogens with one attached hydrogen (secondary N) is 1. The van der Waals surface area contributed by atoms with E-state index in [1.54, 1.807) is 13.3 Å². The summed E-state index contributed by atoms with van der Waals surface area (Å²) in [5.74, 6) is 1.74. The van der Waals surface area contributed by atoms with Gasteiger partial charge in [-0.05, 0) is 42.0 Å². The van der Waals surface area contributed by atoms with Crippen LogP contribution in [-0.2, 0) is 12.8 Å². The number of Topliss-reactive ketones (excluding diaryl/α,β-unsaturated/α-hetero) is 1. The number of fused-ring (bicyclic) bond motifs is 1. The Labute approximate surface area is 164 Å². The van der Waals surface area contributed by atoms with Gasteiger partial charge in [-0.25, -0.2) is 9.97 Å². The van der Waals surface area contributed by atoms with Crippen molar-refractivity contribution in [2.45, 2.75) is 25.2 Å². The molecule has 1 atom stereocenters. The maximum absolute atomic E-state index is 12.5. The van der Waals surface area contributed by atoms with Gasteiger partial charge in [-0.15, -0.1) is 0 Å². The average molecular weight is 373 g/mol. The van der Waals surface area contributed by atoms with Crippen LogP contribution in [0.2, 0.25) is 0 Å². The lowest BCUT2D eigenvalue weighted by molar-refractivity contribution is 0.0962. The lowest BCUT2D eigenvalue weighted by Crippen LogP contribution is -2.21. The highest BCUT2D eigenvalue weighted by Gasteiger charge is 2.27. The van der Waals surface area contributed by atoms with E-state index in [0.29, 0.717) is 17.9 Å². The van der Waals surface area contributed by atoms with Gasteiger partial charge in [0.1, 0.15) is 5.75 Å². The van der Waals surface area contributed by atoms with E-state index in [9.17, 15) is 4.79 Å². The molecule has 1 unspecified atom stereocenters. The van der Waals surface area contributed by atoms with Crippen LogP contribution >= 0.6 is 0 Å². The van der Waals surface area contributed by atoms with Crippen molar-refractivity contribution in [3.05, 3.63) is 83.2 Å². The normalized spacial score (nSPS) is 15.8. The molecule has 0 aliphatic heterocycles. The Kier molecular flexibility index (Phi) is 5.33. The Bertz CT molecular complexity index is 955. The van der Waals surface area contributed by atoms with E-state index in [0.717, 1.165) is 30.8 Å². The molecule has 5 nitrogen and oxygen atoms in total. The van der Waals surface area contributed by atoms with Crippen molar-refractivity contribution in [3.63, 3.8) is 0 Å². The molecule has 28 heavy (non-hydrogen) atoms. The molecule has 0 amide bonds. The summed E-state index contributed by atoms with van der Waals surface area (Å²) >= 11 is 0. The summed E-state index contributed by atoms with van der Waals surface area (Å²) in [4.78, 5) is 21.5. The minimum absolute atomic E-state index is 0.125. The summed E-state index contributed by atoms with van der Waals surface area (Å²) in [6.45, 7) is 0.723. The predicted molar refractivity (Wildman–Crippen MR) is 109 cm³/mol. The van der Waals surface area contributed by atoms with Gasteiger partial charge in [0.25, 0.3) is 0 Å². The summed E-state index contributed by atoms with van der Waals surface area (Å²) < 4.78 is 5.18. The van der Waals surface area contributed by atoms with E-state index >= 15 is 0 Å². The van der Waals surface area contributed by atoms with Crippen molar-refractivity contribution in [1.29, 1.82) is 0 Å². The molecule has 0 saturated carbocycles. The Hall–Kier alpha value is -3.21. The van der Waals surface area contributed by atoms with E-state index in [4.69, 9.17) is 4.74 Å². The molecule has 0 fully saturated rings. The van der Waals surface area contributed by atoms with Crippen LogP contribution in [-0.4, -0.2) is 29.4 Å². The Morgan fingerprint density at radius 2 is 1.86 bits per heavy atom. The van der Waals surface area contributed by atoms with Gasteiger partial charge < -0.3 is 10.1 Å². The minimum Gasteiger partial charge on any atom is -0.497 e. The second-order valence-corrected chi connectivity index (χ2v) is 7.02. The van der Waals surface area contributed by atoms with Crippen molar-refractivity contribution < 1.29 is 9.53 Å². The third kappa shape index (κ3) is 4.03. The molecule has 1 aromatic heterocycles. The van der Waals surface area contributed by atoms with Crippen LogP contribution in [0.3, 0.4) is 0 Å². The first-order valence-electron chi connectivity index (χ1n) is 9.54. The highest BCUT2D eigenvalue weighted by atomic mass is 16.5. The number of methoxy groups -OCH3 is 1. The molecule has 0 bridgehead atoms. The van der Waals surface area contributed by atoms with E-state index < -0.39 is 0 Å². The molecule has 5 heteroatoms. The molecular formula is C23H23N3O2. The minimum atomic E-state index is 0.125. The molecule has 1 aliphatic carbocycles. The molecular weight excluding hydrogens is 350 g/mol. The maximum Gasteiger partial charge on any atom is 0.222 e. The van der Waals surface area contributed by atoms with Crippen LogP contribution in [0.15, 0.2) is 60.8 Å². The van der Waals surface area contributed by atoms with Gasteiger partial charge in [0.2, 0.25) is 5.95 Å². The Balaban J connectivity index is 1.42. The molecule has 1 aliphatic rings. The van der Waals surface area contributed by atoms with Gasteiger partial charge in [0, 0.05) is 19.2 Å². The monoisotopic (exact) mass is 373 g/mol. The van der Waals surface area contributed by atoms with Crippen LogP contribution in [0, 0.1) is 0 Å². The summed E-state index contributed by atoms with van der Waals surface area (Å²) in [7, 11) is 1.66. The second-order valence-electron chi connectivity index (χ2n) is 7.02. The quantitative estimate of drug-likeness (QED) is 0.706. The second kappa shape index (κ2) is 8.21. The van der Waals surface area contributed by atoms with Gasteiger partial charge in [-0.3, -0.25) is 4.79 Å². The summed E-state index contributed by atoms with van der Waals surface area (Å²) in [5.41, 5.74) is 3.90. The Morgan fingerprint density at radius 1 is 1.07 bits per heavy atom. The van der Waals surface area contributed by atoms with Crippen LogP contribution in [0.25, 0.3) is 0 Å². The fraction of sp³-hybridized carbons (Fsp3) is 0.261. The van der Waals surface area contributed by atoms with Crippen molar-refractivity contribution in [3.8, 4) is 5.75 Å². The van der Waals surface area contributed by atoms with E-state index in [1.165, 1.54) is 11.1 Å². The van der Waals surface area contributed by atoms with Gasteiger partial charge in [-0.2, -0.15) is 0 Å². The number of hydrogen-bond donors (Lipinski definition) is 1. The molecule has 1 N–H and O–H groups in total. The average Bonchev–Trinajstić information content (AvgIpc) is 2.74. The van der Waals surface area contributed by atoms with Gasteiger partial charge in [0.15, 0.2) is 5.78 Å². The number of benzene rings is 2. The summed E-state index contributed by atoms with van der Waals surface area (Å²) in [6, 6.07) is 18.2. The number of carbonyl (C=O) groups excluding carboxylic acids is 1. The standard InChI is InChI=1S/C23H23N3O2/c1-28-19-9-7-16(8-10-19)11-12-24-23-25-15-20-21(26-23)13-18(14-22(20)27)17-5-3-2-4-6-17/h2-10,15,18H,11-14H2,1H3,(H,24,25,26). The van der Waals surface area contributed by atoms with Crippen molar-refractivity contribution in [2.75, 3.05) is 19.0 Å². The van der Waals surface area contributed by atoms with Crippen LogP contribution < -0.4 is 10.1 Å². The molecule has 2 aromatic carbocycles. The van der Waals surface area contributed by atoms with Crippen molar-refractivity contribution in [1.82, 2.24) is 9.97 Å². The summed E-state index contributed by atoms with van der Waals surface area (Å²) in [5, 5.41) is 3.28. The number of ketones is 1. The lowest BCUT2D eigenvalue weighted by Gasteiger charge is -2.23. The zero-order valence-electron chi connectivity index (χ0n) is 15.9. The predicted octanol–water partition coefficient (Wildman–Crippen LogP) is 4.05. The number of anilines is 1. The number of nitrogens with zero attached hydrogens (tertiary/aromatic N) is 2. The first-order valence-corrected chi connectivity index (χ1v) is 9.54. The third-order valence-corrected chi connectivity index (χ3v) is 5.17. The lowest BCUT2D eigenvalue weighted by atomic mass is 9.82. The van der Waals surface area contributed by atoms with Gasteiger partial charge in [-0.1, -0.05) is 42.5 Å². The fourth-order valence-corrected chi connectivity index (χ4v) is 3.60. The zero-order chi connectivity index (χ0) is 19.3. The van der Waals surface area contributed by atoms with Crippen LogP contribution in [0.4, 0.5) is 5.95 Å². The first kappa shape index (κ1) is 18.2. The van der Waals surface area contributed by atoms with E-state index in [1.807, 2.05) is 30.3 Å². The number of rotatable bonds is 6. The number of hydrogen-bond acceptors (Lipinski definition) is 5. The number of carbonyl (C=O) groups is 1. The topological polar surface area (TPSA) is 64.1 Å². The van der Waals surface area contributed by atoms with Gasteiger partial charge in [0.05, 0.1) is 18.4 Å². The highest BCUT2D eigenvalue weighted by molar-refractivity contribution is 5.98. The maximum atomic E-state index is 12.5. The zero-order valence-corrected chi connectivity index (χ0v) is 15.9. The SMILES string of the molecule is COc1ccc(CCNc2ncc3c(n2)CC(c2ccccc2)CC3=O)cc1. The van der Waals surface area contributed by atoms with E-state index in [2.05, 4.69) is 39.6 Å². The molecule has 4 rings (SSSR count). The molecule has 142 valence electrons. The molecule has 1 heterocycles. The number of aromatic nitrogens is 2. The van der Waals surface area contributed by atoms with Gasteiger partial charge >= 0.3 is 0 Å². The van der Waals surface area contributed by atoms with E-state index in [-0.39, 0.29) is 11.7 Å². The van der Waals surface area contributed by atoms with Crippen molar-refractivity contribution in [2.24, 2.45) is 0 Å². The third-order valence-electron chi connectivity index (χ3n) is 5.17.